The van der Waals surface area contributed by atoms with Crippen LogP contribution < -0.4 is 11.1 Å². The molecule has 0 spiro atoms. The van der Waals surface area contributed by atoms with E-state index in [4.69, 9.17) is 5.73 Å². The van der Waals surface area contributed by atoms with Crippen molar-refractivity contribution in [3.05, 3.63) is 0 Å². The summed E-state index contributed by atoms with van der Waals surface area (Å²) in [5.74, 6) is 1.07. The van der Waals surface area contributed by atoms with Gasteiger partial charge < -0.3 is 11.1 Å². The number of hydrogen-bond acceptors (Lipinski definition) is 4. The molecule has 5 nitrogen and oxygen atoms in total. The molecule has 0 fully saturated rings. The third kappa shape index (κ3) is 2.90. The normalized spacial score (nSPS) is 11.7. The number of hydrogen-bond donors (Lipinski definition) is 2. The van der Waals surface area contributed by atoms with Crippen molar-refractivity contribution in [1.82, 2.24) is 14.8 Å². The van der Waals surface area contributed by atoms with Crippen LogP contribution in [0, 0.1) is 0 Å². The quantitative estimate of drug-likeness (QED) is 0.770. The van der Waals surface area contributed by atoms with Crippen molar-refractivity contribution in [2.24, 2.45) is 0 Å². The van der Waals surface area contributed by atoms with Crippen LogP contribution in [-0.2, 0) is 6.54 Å². The first-order valence-electron chi connectivity index (χ1n) is 4.91. The number of nitrogens with one attached hydrogen (secondary N) is 1. The lowest BCUT2D eigenvalue weighted by Crippen LogP contribution is -2.26. The topological polar surface area (TPSA) is 68.8 Å². The van der Waals surface area contributed by atoms with Crippen molar-refractivity contribution >= 4 is 11.9 Å². The van der Waals surface area contributed by atoms with Crippen LogP contribution in [0.3, 0.4) is 0 Å². The molecule has 0 atom stereocenters. The molecule has 14 heavy (non-hydrogen) atoms. The van der Waals surface area contributed by atoms with Crippen LogP contribution >= 0.6 is 0 Å². The maximum atomic E-state index is 5.70. The van der Waals surface area contributed by atoms with Crippen LogP contribution in [0.4, 0.5) is 11.9 Å². The van der Waals surface area contributed by atoms with E-state index in [1.807, 2.05) is 0 Å². The Bertz CT molecular complexity index is 297. The third-order valence-electron chi connectivity index (χ3n) is 1.62. The van der Waals surface area contributed by atoms with Gasteiger partial charge in [-0.25, -0.2) is 4.68 Å². The lowest BCUT2D eigenvalue weighted by Gasteiger charge is -2.18. The fourth-order valence-electron chi connectivity index (χ4n) is 1.12. The second-order valence-electron chi connectivity index (χ2n) is 4.39. The summed E-state index contributed by atoms with van der Waals surface area (Å²) in [6, 6.07) is 0. The summed E-state index contributed by atoms with van der Waals surface area (Å²) in [5, 5.41) is 7.43. The number of nitrogens with two attached hydrogens (primary N) is 1. The molecule has 0 radical (unpaired) electrons. The molecule has 0 unspecified atom stereocenters. The zero-order chi connectivity index (χ0) is 10.8. The van der Waals surface area contributed by atoms with Gasteiger partial charge in [0.25, 0.3) is 0 Å². The van der Waals surface area contributed by atoms with E-state index in [1.165, 1.54) is 0 Å². The number of nitrogen functional groups attached to an aromatic ring is 1. The molecule has 0 amide bonds. The molecule has 1 rings (SSSR count). The predicted molar refractivity (Wildman–Crippen MR) is 58.1 cm³/mol. The van der Waals surface area contributed by atoms with Crippen LogP contribution in [-0.4, -0.2) is 20.3 Å². The van der Waals surface area contributed by atoms with Crippen LogP contribution in [0.1, 0.15) is 34.1 Å². The lowest BCUT2D eigenvalue weighted by atomic mass is 10.1. The molecule has 1 heterocycles. The largest absolute Gasteiger partial charge is 0.368 e. The first kappa shape index (κ1) is 10.8. The van der Waals surface area contributed by atoms with Gasteiger partial charge in [0.1, 0.15) is 0 Å². The summed E-state index contributed by atoms with van der Waals surface area (Å²) in [6.07, 6.45) is 1.00. The highest BCUT2D eigenvalue weighted by molar-refractivity contribution is 5.33. The average Bonchev–Trinajstić information content (AvgIpc) is 2.28. The van der Waals surface area contributed by atoms with Gasteiger partial charge in [-0.15, -0.1) is 5.10 Å². The van der Waals surface area contributed by atoms with Crippen molar-refractivity contribution in [3.63, 3.8) is 0 Å². The zero-order valence-corrected chi connectivity index (χ0v) is 9.33. The Morgan fingerprint density at radius 1 is 1.43 bits per heavy atom. The van der Waals surface area contributed by atoms with Gasteiger partial charge in [-0.2, -0.15) is 4.98 Å². The molecule has 0 saturated carbocycles. The minimum atomic E-state index is -0.0369. The first-order chi connectivity index (χ1) is 6.42. The van der Waals surface area contributed by atoms with Gasteiger partial charge in [0, 0.05) is 12.1 Å². The molecule has 0 aliphatic rings. The smallest absolute Gasteiger partial charge is 0.244 e. The predicted octanol–water partition coefficient (Wildman–Crippen LogP) is 1.48. The van der Waals surface area contributed by atoms with Crippen molar-refractivity contribution < 1.29 is 0 Å². The highest BCUT2D eigenvalue weighted by Crippen LogP contribution is 2.11. The summed E-state index contributed by atoms with van der Waals surface area (Å²) in [5.41, 5.74) is 5.66. The summed E-state index contributed by atoms with van der Waals surface area (Å²) >= 11 is 0. The number of nitrogens with zero attached hydrogens (tertiary/aromatic N) is 3. The van der Waals surface area contributed by atoms with E-state index in [0.717, 1.165) is 13.0 Å². The molecule has 0 saturated heterocycles. The minimum Gasteiger partial charge on any atom is -0.368 e. The Morgan fingerprint density at radius 2 is 2.07 bits per heavy atom. The van der Waals surface area contributed by atoms with Gasteiger partial charge in [0.15, 0.2) is 0 Å². The molecular formula is C9H19N5. The SMILES string of the molecule is CCCn1nc(NC(C)(C)C)nc1N. The Hall–Kier alpha value is -1.26. The average molecular weight is 197 g/mol. The maximum Gasteiger partial charge on any atom is 0.244 e. The van der Waals surface area contributed by atoms with Gasteiger partial charge in [-0.05, 0) is 27.2 Å². The fraction of sp³-hybridized carbons (Fsp3) is 0.778. The number of aryl methyl sites for hydroxylation is 1. The van der Waals surface area contributed by atoms with Crippen LogP contribution in [0.25, 0.3) is 0 Å². The summed E-state index contributed by atoms with van der Waals surface area (Å²) < 4.78 is 1.72. The molecule has 1 aromatic heterocycles. The van der Waals surface area contributed by atoms with Crippen LogP contribution in [0.5, 0.6) is 0 Å². The second-order valence-corrected chi connectivity index (χ2v) is 4.39. The molecule has 5 heteroatoms. The highest BCUT2D eigenvalue weighted by atomic mass is 15.4. The fourth-order valence-corrected chi connectivity index (χ4v) is 1.12. The van der Waals surface area contributed by atoms with E-state index in [1.54, 1.807) is 4.68 Å². The third-order valence-corrected chi connectivity index (χ3v) is 1.62. The molecule has 3 N–H and O–H groups in total. The van der Waals surface area contributed by atoms with Gasteiger partial charge in [-0.3, -0.25) is 0 Å². The molecule has 0 aliphatic carbocycles. The lowest BCUT2D eigenvalue weighted by molar-refractivity contribution is 0.596. The van der Waals surface area contributed by atoms with Gasteiger partial charge in [0.2, 0.25) is 11.9 Å². The Balaban J connectivity index is 2.75. The molecule has 80 valence electrons. The Kier molecular flexibility index (Phi) is 2.98. The summed E-state index contributed by atoms with van der Waals surface area (Å²) in [7, 11) is 0. The Morgan fingerprint density at radius 3 is 2.57 bits per heavy atom. The van der Waals surface area contributed by atoms with Crippen molar-refractivity contribution in [2.45, 2.75) is 46.2 Å². The van der Waals surface area contributed by atoms with Gasteiger partial charge in [-0.1, -0.05) is 6.92 Å². The molecule has 0 bridgehead atoms. The second kappa shape index (κ2) is 3.86. The van der Waals surface area contributed by atoms with E-state index < -0.39 is 0 Å². The van der Waals surface area contributed by atoms with E-state index in [0.29, 0.717) is 11.9 Å². The Labute approximate surface area is 84.7 Å². The number of anilines is 2. The van der Waals surface area contributed by atoms with E-state index in [2.05, 4.69) is 43.1 Å². The monoisotopic (exact) mass is 197 g/mol. The molecule has 1 aromatic rings. The highest BCUT2D eigenvalue weighted by Gasteiger charge is 2.13. The van der Waals surface area contributed by atoms with E-state index in [-0.39, 0.29) is 5.54 Å². The number of rotatable bonds is 3. The van der Waals surface area contributed by atoms with E-state index >= 15 is 0 Å². The molecule has 0 aromatic carbocycles. The molecular weight excluding hydrogens is 178 g/mol. The van der Waals surface area contributed by atoms with Crippen molar-refractivity contribution in [1.29, 1.82) is 0 Å². The summed E-state index contributed by atoms with van der Waals surface area (Å²) in [4.78, 5) is 4.13. The summed E-state index contributed by atoms with van der Waals surface area (Å²) in [6.45, 7) is 9.07. The van der Waals surface area contributed by atoms with Crippen LogP contribution in [0.15, 0.2) is 0 Å². The van der Waals surface area contributed by atoms with Gasteiger partial charge >= 0.3 is 0 Å². The maximum absolute atomic E-state index is 5.70. The minimum absolute atomic E-state index is 0.0369. The van der Waals surface area contributed by atoms with E-state index in [9.17, 15) is 0 Å². The van der Waals surface area contributed by atoms with Gasteiger partial charge in [0.05, 0.1) is 0 Å². The zero-order valence-electron chi connectivity index (χ0n) is 9.33. The van der Waals surface area contributed by atoms with Crippen LogP contribution in [0.2, 0.25) is 0 Å². The van der Waals surface area contributed by atoms with Crippen molar-refractivity contribution in [3.8, 4) is 0 Å². The van der Waals surface area contributed by atoms with Crippen molar-refractivity contribution in [2.75, 3.05) is 11.1 Å². The number of aromatic nitrogens is 3. The standard InChI is InChI=1S/C9H19N5/c1-5-6-14-7(10)11-8(13-14)12-9(2,3)4/h5-6H2,1-4H3,(H3,10,11,12,13). The first-order valence-corrected chi connectivity index (χ1v) is 4.91. The molecule has 0 aliphatic heterocycles.